The average Bonchev–Trinajstić information content (AvgIpc) is 2.87. The van der Waals surface area contributed by atoms with E-state index in [0.717, 1.165) is 21.6 Å². The number of hydrogen-bond donors (Lipinski definition) is 2. The third kappa shape index (κ3) is 3.09. The van der Waals surface area contributed by atoms with E-state index in [4.69, 9.17) is 0 Å². The number of nitrogens with zero attached hydrogens (tertiary/aromatic N) is 2. The van der Waals surface area contributed by atoms with Crippen molar-refractivity contribution in [1.82, 2.24) is 14.6 Å². The standard InChI is InChI=1S/C16H16N4S/c1-2-12-20-15-11-7-6-10-14(15)16(18-20)17-19-21-13-8-4-3-5-9-13/h2-11,19H,1,12H2,(H,17,18). The van der Waals surface area contributed by atoms with E-state index in [9.17, 15) is 0 Å². The largest absolute Gasteiger partial charge is 0.294 e. The maximum Gasteiger partial charge on any atom is 0.170 e. The van der Waals surface area contributed by atoms with E-state index in [2.05, 4.69) is 34.1 Å². The Morgan fingerprint density at radius 1 is 1.10 bits per heavy atom. The molecule has 5 heteroatoms. The van der Waals surface area contributed by atoms with Crippen LogP contribution in [0.4, 0.5) is 5.82 Å². The number of benzene rings is 2. The molecule has 0 fully saturated rings. The molecule has 0 aliphatic rings. The van der Waals surface area contributed by atoms with Gasteiger partial charge in [0, 0.05) is 10.3 Å². The Balaban J connectivity index is 1.76. The van der Waals surface area contributed by atoms with Crippen molar-refractivity contribution in [2.24, 2.45) is 0 Å². The summed E-state index contributed by atoms with van der Waals surface area (Å²) < 4.78 is 1.93. The minimum atomic E-state index is 0.689. The van der Waals surface area contributed by atoms with Crippen molar-refractivity contribution >= 4 is 28.7 Å². The Morgan fingerprint density at radius 2 is 1.86 bits per heavy atom. The molecule has 0 radical (unpaired) electrons. The fourth-order valence-electron chi connectivity index (χ4n) is 2.10. The van der Waals surface area contributed by atoms with Gasteiger partial charge in [-0.25, -0.2) is 0 Å². The molecule has 0 aliphatic heterocycles. The Morgan fingerprint density at radius 3 is 2.67 bits per heavy atom. The monoisotopic (exact) mass is 296 g/mol. The van der Waals surface area contributed by atoms with Crippen LogP contribution in [0.1, 0.15) is 0 Å². The second kappa shape index (κ2) is 6.47. The molecule has 0 bridgehead atoms. The lowest BCUT2D eigenvalue weighted by molar-refractivity contribution is 0.730. The van der Waals surface area contributed by atoms with Gasteiger partial charge in [-0.2, -0.15) is 9.93 Å². The van der Waals surface area contributed by atoms with E-state index in [1.807, 2.05) is 53.2 Å². The third-order valence-corrected chi connectivity index (χ3v) is 3.75. The van der Waals surface area contributed by atoms with Crippen LogP contribution in [0.5, 0.6) is 0 Å². The first kappa shape index (κ1) is 13.7. The summed E-state index contributed by atoms with van der Waals surface area (Å²) in [7, 11) is 0. The Hall–Kier alpha value is -2.24. The molecule has 0 aliphatic carbocycles. The van der Waals surface area contributed by atoms with Gasteiger partial charge in [0.05, 0.1) is 12.1 Å². The van der Waals surface area contributed by atoms with Crippen molar-refractivity contribution in [3.63, 3.8) is 0 Å². The second-order valence-corrected chi connectivity index (χ2v) is 5.36. The summed E-state index contributed by atoms with van der Waals surface area (Å²) in [6.45, 7) is 4.46. The first-order valence-corrected chi connectivity index (χ1v) is 7.49. The highest BCUT2D eigenvalue weighted by atomic mass is 32.2. The van der Waals surface area contributed by atoms with Gasteiger partial charge in [0.2, 0.25) is 0 Å². The van der Waals surface area contributed by atoms with Crippen LogP contribution < -0.4 is 10.3 Å². The zero-order chi connectivity index (χ0) is 14.5. The fourth-order valence-corrected chi connectivity index (χ4v) is 2.66. The van der Waals surface area contributed by atoms with Gasteiger partial charge in [-0.1, -0.05) is 36.4 Å². The summed E-state index contributed by atoms with van der Waals surface area (Å²) in [5.74, 6) is 0.816. The quantitative estimate of drug-likeness (QED) is 0.412. The van der Waals surface area contributed by atoms with Crippen molar-refractivity contribution in [2.45, 2.75) is 11.4 Å². The van der Waals surface area contributed by atoms with Gasteiger partial charge in [0.25, 0.3) is 0 Å². The van der Waals surface area contributed by atoms with Gasteiger partial charge in [0.1, 0.15) is 0 Å². The molecule has 2 aromatic carbocycles. The summed E-state index contributed by atoms with van der Waals surface area (Å²) >= 11 is 1.52. The van der Waals surface area contributed by atoms with Crippen LogP contribution in [-0.2, 0) is 6.54 Å². The van der Waals surface area contributed by atoms with Crippen molar-refractivity contribution < 1.29 is 0 Å². The number of rotatable bonds is 6. The molecule has 0 saturated heterocycles. The van der Waals surface area contributed by atoms with Crippen LogP contribution in [0.25, 0.3) is 10.9 Å². The van der Waals surface area contributed by atoms with Gasteiger partial charge < -0.3 is 0 Å². The zero-order valence-corrected chi connectivity index (χ0v) is 12.3. The van der Waals surface area contributed by atoms with Gasteiger partial charge in [-0.15, -0.1) is 6.58 Å². The van der Waals surface area contributed by atoms with E-state index >= 15 is 0 Å². The predicted molar refractivity (Wildman–Crippen MR) is 89.0 cm³/mol. The number of hydrogen-bond acceptors (Lipinski definition) is 4. The molecule has 0 unspecified atom stereocenters. The van der Waals surface area contributed by atoms with Crippen LogP contribution in [0.15, 0.2) is 72.1 Å². The van der Waals surface area contributed by atoms with Gasteiger partial charge >= 0.3 is 0 Å². The number of aromatic nitrogens is 2. The highest BCUT2D eigenvalue weighted by molar-refractivity contribution is 7.97. The molecule has 2 N–H and O–H groups in total. The minimum absolute atomic E-state index is 0.689. The summed E-state index contributed by atoms with van der Waals surface area (Å²) in [4.78, 5) is 4.27. The lowest BCUT2D eigenvalue weighted by atomic mass is 10.2. The minimum Gasteiger partial charge on any atom is -0.294 e. The highest BCUT2D eigenvalue weighted by Crippen LogP contribution is 2.23. The molecule has 0 atom stereocenters. The van der Waals surface area contributed by atoms with Crippen LogP contribution in [0, 0.1) is 0 Å². The zero-order valence-electron chi connectivity index (χ0n) is 11.5. The number of allylic oxidation sites excluding steroid dienone is 1. The van der Waals surface area contributed by atoms with E-state index in [1.165, 1.54) is 11.9 Å². The Kier molecular flexibility index (Phi) is 4.23. The lowest BCUT2D eigenvalue weighted by Crippen LogP contribution is -2.13. The molecule has 1 aromatic heterocycles. The number of anilines is 1. The van der Waals surface area contributed by atoms with Gasteiger partial charge in [-0.05, 0) is 36.2 Å². The molecule has 3 aromatic rings. The van der Waals surface area contributed by atoms with Crippen LogP contribution in [0.3, 0.4) is 0 Å². The maximum absolute atomic E-state index is 4.57. The smallest absolute Gasteiger partial charge is 0.170 e. The Bertz CT molecular complexity index is 736. The van der Waals surface area contributed by atoms with E-state index < -0.39 is 0 Å². The molecule has 1 heterocycles. The lowest BCUT2D eigenvalue weighted by Gasteiger charge is -2.04. The summed E-state index contributed by atoms with van der Waals surface area (Å²) in [5.41, 5.74) is 4.25. The number of nitrogens with one attached hydrogen (secondary N) is 2. The van der Waals surface area contributed by atoms with Crippen molar-refractivity contribution in [2.75, 3.05) is 5.43 Å². The van der Waals surface area contributed by atoms with Gasteiger partial charge in [0.15, 0.2) is 5.82 Å². The average molecular weight is 296 g/mol. The summed E-state index contributed by atoms with van der Waals surface area (Å²) in [6.07, 6.45) is 1.84. The normalized spacial score (nSPS) is 10.7. The van der Waals surface area contributed by atoms with Crippen molar-refractivity contribution in [3.05, 3.63) is 67.3 Å². The maximum atomic E-state index is 4.57. The molecule has 0 amide bonds. The predicted octanol–water partition coefficient (Wildman–Crippen LogP) is 3.85. The molecule has 0 spiro atoms. The van der Waals surface area contributed by atoms with E-state index in [1.54, 1.807) is 0 Å². The van der Waals surface area contributed by atoms with Crippen LogP contribution in [0.2, 0.25) is 0 Å². The summed E-state index contributed by atoms with van der Waals surface area (Å²) in [5, 5.41) is 5.65. The molecule has 4 nitrogen and oxygen atoms in total. The number of hydrazine groups is 1. The number of fused-ring (bicyclic) bond motifs is 1. The van der Waals surface area contributed by atoms with Crippen molar-refractivity contribution in [3.8, 4) is 0 Å². The summed E-state index contributed by atoms with van der Waals surface area (Å²) in [6, 6.07) is 18.3. The first-order chi connectivity index (χ1) is 10.4. The Labute approximate surface area is 128 Å². The van der Waals surface area contributed by atoms with Crippen LogP contribution in [-0.4, -0.2) is 9.78 Å². The highest BCUT2D eigenvalue weighted by Gasteiger charge is 2.08. The molecule has 3 rings (SSSR count). The topological polar surface area (TPSA) is 41.9 Å². The SMILES string of the molecule is C=CCn1nc(NNSc2ccccc2)c2ccccc21. The third-order valence-electron chi connectivity index (χ3n) is 3.04. The molecular formula is C16H16N4S. The van der Waals surface area contributed by atoms with E-state index in [-0.39, 0.29) is 0 Å². The second-order valence-electron chi connectivity index (χ2n) is 4.48. The first-order valence-electron chi connectivity index (χ1n) is 6.68. The van der Waals surface area contributed by atoms with Crippen LogP contribution >= 0.6 is 11.9 Å². The van der Waals surface area contributed by atoms with Crippen molar-refractivity contribution in [1.29, 1.82) is 0 Å². The molecular weight excluding hydrogens is 280 g/mol. The van der Waals surface area contributed by atoms with E-state index in [0.29, 0.717) is 6.54 Å². The number of para-hydroxylation sites is 1. The van der Waals surface area contributed by atoms with Gasteiger partial charge in [-0.3, -0.25) is 10.1 Å². The molecule has 0 saturated carbocycles. The molecule has 21 heavy (non-hydrogen) atoms. The fraction of sp³-hybridized carbons (Fsp3) is 0.0625. The molecule has 106 valence electrons.